The van der Waals surface area contributed by atoms with Crippen molar-refractivity contribution >= 4 is 28.2 Å². The standard InChI is InChI=1S/C17H25IO/c1-4-6-8-10-14(9-7-5-2)16-12-11-15(19-3)13-17(16)18/h10-13H,4-9H2,1-3H3/b14-10+. The third-order valence-electron chi connectivity index (χ3n) is 3.27. The minimum absolute atomic E-state index is 0.941. The molecule has 0 unspecified atom stereocenters. The highest BCUT2D eigenvalue weighted by Crippen LogP contribution is 2.29. The van der Waals surface area contributed by atoms with Crippen LogP contribution in [-0.4, -0.2) is 7.11 Å². The first kappa shape index (κ1) is 16.5. The van der Waals surface area contributed by atoms with Crippen LogP contribution in [0, 0.1) is 3.57 Å². The van der Waals surface area contributed by atoms with Crippen molar-refractivity contribution in [1.29, 1.82) is 0 Å². The maximum atomic E-state index is 5.29. The average molecular weight is 372 g/mol. The molecule has 1 nitrogen and oxygen atoms in total. The smallest absolute Gasteiger partial charge is 0.119 e. The fraction of sp³-hybridized carbons (Fsp3) is 0.529. The van der Waals surface area contributed by atoms with Gasteiger partial charge in [-0.25, -0.2) is 0 Å². The molecular formula is C17H25IO. The Kier molecular flexibility index (Phi) is 8.19. The summed E-state index contributed by atoms with van der Waals surface area (Å²) < 4.78 is 6.57. The molecule has 106 valence electrons. The van der Waals surface area contributed by atoms with Gasteiger partial charge in [-0.15, -0.1) is 0 Å². The molecule has 0 saturated carbocycles. The van der Waals surface area contributed by atoms with E-state index in [0.717, 1.165) is 5.75 Å². The number of allylic oxidation sites excluding steroid dienone is 2. The van der Waals surface area contributed by atoms with E-state index in [2.05, 4.69) is 60.7 Å². The molecule has 0 N–H and O–H groups in total. The highest BCUT2D eigenvalue weighted by Gasteiger charge is 2.07. The van der Waals surface area contributed by atoms with Crippen LogP contribution in [0.5, 0.6) is 5.75 Å². The van der Waals surface area contributed by atoms with Crippen molar-refractivity contribution in [2.75, 3.05) is 7.11 Å². The first-order valence-electron chi connectivity index (χ1n) is 7.25. The van der Waals surface area contributed by atoms with E-state index < -0.39 is 0 Å². The maximum Gasteiger partial charge on any atom is 0.119 e. The summed E-state index contributed by atoms with van der Waals surface area (Å²) in [6, 6.07) is 6.39. The zero-order chi connectivity index (χ0) is 14.1. The van der Waals surface area contributed by atoms with Gasteiger partial charge in [-0.2, -0.15) is 0 Å². The second-order valence-electron chi connectivity index (χ2n) is 4.82. The largest absolute Gasteiger partial charge is 0.497 e. The molecule has 0 aromatic heterocycles. The van der Waals surface area contributed by atoms with Gasteiger partial charge < -0.3 is 4.74 Å². The molecule has 0 bridgehead atoms. The summed E-state index contributed by atoms with van der Waals surface area (Å²) in [6.07, 6.45) is 9.86. The highest BCUT2D eigenvalue weighted by atomic mass is 127. The molecule has 0 aliphatic carbocycles. The van der Waals surface area contributed by atoms with Crippen molar-refractivity contribution in [3.63, 3.8) is 0 Å². The van der Waals surface area contributed by atoms with Gasteiger partial charge in [-0.1, -0.05) is 39.2 Å². The SMILES string of the molecule is CCCC/C=C(\CCCC)c1ccc(OC)cc1I. The fourth-order valence-electron chi connectivity index (χ4n) is 2.08. The van der Waals surface area contributed by atoms with E-state index in [0.29, 0.717) is 0 Å². The van der Waals surface area contributed by atoms with Crippen LogP contribution < -0.4 is 4.74 Å². The summed E-state index contributed by atoms with van der Waals surface area (Å²) >= 11 is 2.42. The van der Waals surface area contributed by atoms with Crippen molar-refractivity contribution in [3.05, 3.63) is 33.4 Å². The molecule has 0 amide bonds. The van der Waals surface area contributed by atoms with E-state index in [1.54, 1.807) is 7.11 Å². The molecule has 0 saturated heterocycles. The Labute approximate surface area is 131 Å². The Hall–Kier alpha value is -0.510. The number of halogens is 1. The van der Waals surface area contributed by atoms with Gasteiger partial charge in [0.05, 0.1) is 7.11 Å². The summed E-state index contributed by atoms with van der Waals surface area (Å²) in [5, 5.41) is 0. The van der Waals surface area contributed by atoms with E-state index in [4.69, 9.17) is 4.74 Å². The number of hydrogen-bond donors (Lipinski definition) is 0. The Bertz CT molecular complexity index is 410. The zero-order valence-corrected chi connectivity index (χ0v) is 14.5. The van der Waals surface area contributed by atoms with Crippen LogP contribution in [0.15, 0.2) is 24.3 Å². The van der Waals surface area contributed by atoms with Crippen LogP contribution in [0.1, 0.15) is 57.9 Å². The van der Waals surface area contributed by atoms with E-state index in [1.165, 1.54) is 53.2 Å². The maximum absolute atomic E-state index is 5.29. The lowest BCUT2D eigenvalue weighted by atomic mass is 9.98. The van der Waals surface area contributed by atoms with Crippen molar-refractivity contribution < 1.29 is 4.74 Å². The average Bonchev–Trinajstić information content (AvgIpc) is 2.43. The van der Waals surface area contributed by atoms with Crippen LogP contribution in [0.25, 0.3) is 5.57 Å². The van der Waals surface area contributed by atoms with Gasteiger partial charge >= 0.3 is 0 Å². The highest BCUT2D eigenvalue weighted by molar-refractivity contribution is 14.1. The van der Waals surface area contributed by atoms with Gasteiger partial charge in [-0.05, 0) is 71.2 Å². The van der Waals surface area contributed by atoms with Crippen molar-refractivity contribution in [3.8, 4) is 5.75 Å². The normalized spacial score (nSPS) is 11.7. The van der Waals surface area contributed by atoms with Crippen LogP contribution in [-0.2, 0) is 0 Å². The molecule has 0 aliphatic heterocycles. The van der Waals surface area contributed by atoms with Crippen LogP contribution >= 0.6 is 22.6 Å². The Balaban J connectivity index is 2.92. The molecule has 0 aliphatic rings. The predicted molar refractivity (Wildman–Crippen MR) is 92.7 cm³/mol. The van der Waals surface area contributed by atoms with Gasteiger partial charge in [0.25, 0.3) is 0 Å². The van der Waals surface area contributed by atoms with E-state index in [-0.39, 0.29) is 0 Å². The quantitative estimate of drug-likeness (QED) is 0.398. The summed E-state index contributed by atoms with van der Waals surface area (Å²) in [7, 11) is 1.72. The van der Waals surface area contributed by atoms with Crippen molar-refractivity contribution in [2.45, 2.75) is 52.4 Å². The van der Waals surface area contributed by atoms with E-state index in [9.17, 15) is 0 Å². The Morgan fingerprint density at radius 3 is 2.53 bits per heavy atom. The first-order valence-corrected chi connectivity index (χ1v) is 8.33. The van der Waals surface area contributed by atoms with Gasteiger partial charge in [0.15, 0.2) is 0 Å². The molecule has 0 atom stereocenters. The third-order valence-corrected chi connectivity index (χ3v) is 4.16. The van der Waals surface area contributed by atoms with Crippen LogP contribution in [0.4, 0.5) is 0 Å². The predicted octanol–water partition coefficient (Wildman–Crippen LogP) is 6.06. The zero-order valence-electron chi connectivity index (χ0n) is 12.3. The molecule has 0 fully saturated rings. The second kappa shape index (κ2) is 9.40. The lowest BCUT2D eigenvalue weighted by Gasteiger charge is -2.11. The molecule has 1 aromatic carbocycles. The molecule has 0 heterocycles. The molecule has 1 rings (SSSR count). The number of unbranched alkanes of at least 4 members (excludes halogenated alkanes) is 3. The monoisotopic (exact) mass is 372 g/mol. The van der Waals surface area contributed by atoms with Crippen LogP contribution in [0.3, 0.4) is 0 Å². The summed E-state index contributed by atoms with van der Waals surface area (Å²) in [4.78, 5) is 0. The number of hydrogen-bond acceptors (Lipinski definition) is 1. The number of rotatable bonds is 8. The molecule has 2 heteroatoms. The van der Waals surface area contributed by atoms with Crippen LogP contribution in [0.2, 0.25) is 0 Å². The van der Waals surface area contributed by atoms with Gasteiger partial charge in [-0.3, -0.25) is 0 Å². The van der Waals surface area contributed by atoms with E-state index in [1.807, 2.05) is 0 Å². The van der Waals surface area contributed by atoms with Crippen molar-refractivity contribution in [2.24, 2.45) is 0 Å². The van der Waals surface area contributed by atoms with E-state index >= 15 is 0 Å². The molecule has 0 radical (unpaired) electrons. The topological polar surface area (TPSA) is 9.23 Å². The Morgan fingerprint density at radius 1 is 1.21 bits per heavy atom. The second-order valence-corrected chi connectivity index (χ2v) is 5.98. The molecular weight excluding hydrogens is 347 g/mol. The summed E-state index contributed by atoms with van der Waals surface area (Å²) in [5.41, 5.74) is 2.88. The molecule has 0 spiro atoms. The fourth-order valence-corrected chi connectivity index (χ4v) is 2.91. The lowest BCUT2D eigenvalue weighted by Crippen LogP contribution is -1.92. The number of ether oxygens (including phenoxy) is 1. The summed E-state index contributed by atoms with van der Waals surface area (Å²) in [6.45, 7) is 4.50. The van der Waals surface area contributed by atoms with Crippen molar-refractivity contribution in [1.82, 2.24) is 0 Å². The van der Waals surface area contributed by atoms with Gasteiger partial charge in [0.1, 0.15) is 5.75 Å². The number of methoxy groups -OCH3 is 1. The summed E-state index contributed by atoms with van der Waals surface area (Å²) in [5.74, 6) is 0.941. The lowest BCUT2D eigenvalue weighted by molar-refractivity contribution is 0.414. The molecule has 1 aromatic rings. The van der Waals surface area contributed by atoms with Gasteiger partial charge in [0.2, 0.25) is 0 Å². The third kappa shape index (κ3) is 5.55. The number of benzene rings is 1. The van der Waals surface area contributed by atoms with Gasteiger partial charge in [0, 0.05) is 3.57 Å². The molecule has 19 heavy (non-hydrogen) atoms. The Morgan fingerprint density at radius 2 is 1.95 bits per heavy atom. The minimum Gasteiger partial charge on any atom is -0.497 e. The first-order chi connectivity index (χ1) is 9.22. The minimum atomic E-state index is 0.941.